The second-order valence-corrected chi connectivity index (χ2v) is 6.87. The van der Waals surface area contributed by atoms with Crippen LogP contribution < -0.4 is 19.5 Å². The van der Waals surface area contributed by atoms with E-state index in [1.807, 2.05) is 0 Å². The zero-order valence-electron chi connectivity index (χ0n) is 16.3. The van der Waals surface area contributed by atoms with Gasteiger partial charge in [-0.15, -0.1) is 13.2 Å². The molecule has 0 bridgehead atoms. The normalized spacial score (nSPS) is 11.8. The molecule has 1 amide bonds. The molecular weight excluding hydrogens is 501 g/mol. The lowest BCUT2D eigenvalue weighted by atomic mass is 10.1. The zero-order valence-corrected chi connectivity index (χ0v) is 17.1. The van der Waals surface area contributed by atoms with E-state index in [-0.39, 0.29) is 5.69 Å². The van der Waals surface area contributed by atoms with Crippen LogP contribution in [-0.2, 0) is 6.18 Å². The maximum absolute atomic E-state index is 14.8. The lowest BCUT2D eigenvalue weighted by Crippen LogP contribution is -2.29. The number of carbonyl (C=O) groups is 1. The van der Waals surface area contributed by atoms with Gasteiger partial charge in [-0.25, -0.2) is 4.39 Å². The van der Waals surface area contributed by atoms with Crippen molar-refractivity contribution in [3.8, 4) is 17.2 Å². The van der Waals surface area contributed by atoms with Gasteiger partial charge >= 0.3 is 12.5 Å². The molecule has 1 heterocycles. The van der Waals surface area contributed by atoms with E-state index in [4.69, 9.17) is 16.3 Å². The Hall–Kier alpha value is -3.74. The molecule has 0 aliphatic rings. The van der Waals surface area contributed by atoms with E-state index >= 15 is 0 Å². The zero-order chi connectivity index (χ0) is 25.3. The third kappa shape index (κ3) is 5.98. The van der Waals surface area contributed by atoms with Crippen molar-refractivity contribution in [2.75, 3.05) is 5.32 Å². The first kappa shape index (κ1) is 24.9. The average molecular weight is 512 g/mol. The van der Waals surface area contributed by atoms with Crippen LogP contribution in [0.3, 0.4) is 0 Å². The lowest BCUT2D eigenvalue weighted by Gasteiger charge is -2.17. The quantitative estimate of drug-likeness (QED) is 0.252. The highest BCUT2D eigenvalue weighted by atomic mass is 35.5. The molecule has 0 aliphatic heterocycles. The third-order valence-electron chi connectivity index (χ3n) is 4.04. The number of ether oxygens (including phenoxy) is 2. The Labute approximate surface area is 190 Å². The largest absolute Gasteiger partial charge is 0.573 e. The van der Waals surface area contributed by atoms with Crippen molar-refractivity contribution in [3.63, 3.8) is 0 Å². The Balaban J connectivity index is 2.02. The fraction of sp³-hybridized carbons (Fsp3) is 0.100. The molecule has 6 nitrogen and oxygen atoms in total. The molecule has 3 aromatic rings. The Bertz CT molecular complexity index is 1230. The van der Waals surface area contributed by atoms with Crippen LogP contribution in [0, 0.1) is 5.82 Å². The van der Waals surface area contributed by atoms with Gasteiger partial charge in [-0.2, -0.15) is 13.2 Å². The summed E-state index contributed by atoms with van der Waals surface area (Å²) < 4.78 is 101. The van der Waals surface area contributed by atoms with Crippen LogP contribution in [-0.4, -0.2) is 17.5 Å². The number of hydrogen-bond donors (Lipinski definition) is 2. The summed E-state index contributed by atoms with van der Waals surface area (Å²) >= 11 is 5.85. The molecule has 1 aromatic heterocycles. The number of amides is 1. The first-order valence-corrected chi connectivity index (χ1v) is 9.27. The number of rotatable bonds is 5. The highest BCUT2D eigenvalue weighted by molar-refractivity contribution is 6.32. The number of nitrogens with zero attached hydrogens (tertiary/aromatic N) is 1. The monoisotopic (exact) mass is 511 g/mol. The van der Waals surface area contributed by atoms with E-state index < -0.39 is 57.7 Å². The van der Waals surface area contributed by atoms with Crippen LogP contribution in [0.4, 0.5) is 36.4 Å². The van der Waals surface area contributed by atoms with Gasteiger partial charge in [0.25, 0.3) is 5.91 Å². The lowest BCUT2D eigenvalue weighted by molar-refractivity contribution is -0.904. The number of aromatic nitrogens is 1. The molecule has 34 heavy (non-hydrogen) atoms. The number of halogens is 8. The molecule has 0 saturated carbocycles. The maximum Gasteiger partial charge on any atom is 0.573 e. The number of anilines is 1. The number of nitrogens with one attached hydrogen (secondary N) is 1. The molecule has 0 saturated heterocycles. The van der Waals surface area contributed by atoms with Crippen LogP contribution in [0.5, 0.6) is 17.2 Å². The van der Waals surface area contributed by atoms with E-state index in [9.17, 15) is 40.7 Å². The number of alkyl halides is 6. The van der Waals surface area contributed by atoms with Gasteiger partial charge in [0.2, 0.25) is 12.4 Å². The van der Waals surface area contributed by atoms with Crippen LogP contribution in [0.2, 0.25) is 5.02 Å². The average Bonchev–Trinajstić information content (AvgIpc) is 2.68. The molecule has 2 aromatic carbocycles. The number of hydrogen-bond acceptors (Lipinski definition) is 4. The summed E-state index contributed by atoms with van der Waals surface area (Å²) in [5.74, 6) is -5.19. The molecule has 0 fully saturated rings. The van der Waals surface area contributed by atoms with Crippen molar-refractivity contribution in [2.45, 2.75) is 12.5 Å². The molecule has 14 heteroatoms. The van der Waals surface area contributed by atoms with Crippen LogP contribution >= 0.6 is 11.6 Å². The molecule has 0 aliphatic carbocycles. The van der Waals surface area contributed by atoms with E-state index in [1.165, 1.54) is 18.3 Å². The molecule has 180 valence electrons. The number of carbonyl (C=O) groups excluding carboxylic acids is 1. The summed E-state index contributed by atoms with van der Waals surface area (Å²) in [7, 11) is 0. The topological polar surface area (TPSA) is 71.7 Å². The molecule has 0 spiro atoms. The van der Waals surface area contributed by atoms with Gasteiger partial charge in [0.05, 0.1) is 10.6 Å². The Morgan fingerprint density at radius 3 is 2.29 bits per heavy atom. The predicted octanol–water partition coefficient (Wildman–Crippen LogP) is 5.97. The summed E-state index contributed by atoms with van der Waals surface area (Å²) in [6.45, 7) is 0. The van der Waals surface area contributed by atoms with Gasteiger partial charge < -0.3 is 14.8 Å². The second-order valence-electron chi connectivity index (χ2n) is 6.47. The van der Waals surface area contributed by atoms with Gasteiger partial charge in [0, 0.05) is 16.9 Å². The molecule has 0 unspecified atom stereocenters. The third-order valence-corrected chi connectivity index (χ3v) is 4.33. The van der Waals surface area contributed by atoms with Gasteiger partial charge in [-0.1, -0.05) is 11.6 Å². The smallest absolute Gasteiger partial charge is 0.455 e. The Morgan fingerprint density at radius 1 is 1.03 bits per heavy atom. The number of pyridine rings is 1. The van der Waals surface area contributed by atoms with Crippen molar-refractivity contribution >= 4 is 23.2 Å². The minimum absolute atomic E-state index is 0.107. The molecule has 0 atom stereocenters. The minimum Gasteiger partial charge on any atom is -0.455 e. The molecule has 2 N–H and O–H groups in total. The standard InChI is InChI=1S/C20H10ClF7N2O4/c21-13-8-11(34-20(26,27)28)3-5-14(13)33-15-6-4-12(19(23,24)25)17(22)16(15)18(31)29-10-2-1-7-30(32)9-10/h1-9H,(H-,29,31,32)/p+1. The Kier molecular flexibility index (Phi) is 6.77. The van der Waals surface area contributed by atoms with Crippen molar-refractivity contribution in [1.82, 2.24) is 0 Å². The van der Waals surface area contributed by atoms with Crippen LogP contribution in [0.1, 0.15) is 15.9 Å². The highest BCUT2D eigenvalue weighted by Gasteiger charge is 2.37. The fourth-order valence-corrected chi connectivity index (χ4v) is 2.89. The van der Waals surface area contributed by atoms with Gasteiger partial charge in [0.1, 0.15) is 28.5 Å². The van der Waals surface area contributed by atoms with E-state index in [2.05, 4.69) is 10.1 Å². The maximum atomic E-state index is 14.8. The van der Waals surface area contributed by atoms with Crippen molar-refractivity contribution in [2.24, 2.45) is 0 Å². The minimum atomic E-state index is -5.16. The number of benzene rings is 2. The summed E-state index contributed by atoms with van der Waals surface area (Å²) in [4.78, 5) is 12.7. The summed E-state index contributed by atoms with van der Waals surface area (Å²) in [5.41, 5.74) is -3.05. The van der Waals surface area contributed by atoms with Gasteiger partial charge in [-0.3, -0.25) is 10.0 Å². The van der Waals surface area contributed by atoms with Gasteiger partial charge in [-0.05, 0) is 30.3 Å². The summed E-state index contributed by atoms with van der Waals surface area (Å²) in [5, 5.41) is 11.0. The molecular formula is C20H11ClF7N2O4+. The SMILES string of the molecule is O=C(Nc1ccc[n+](O)c1)c1c(Oc2ccc(OC(F)(F)F)cc2Cl)ccc(C(F)(F)F)c1F. The van der Waals surface area contributed by atoms with Crippen LogP contribution in [0.25, 0.3) is 0 Å². The van der Waals surface area contributed by atoms with Crippen LogP contribution in [0.15, 0.2) is 54.9 Å². The van der Waals surface area contributed by atoms with E-state index in [0.717, 1.165) is 18.3 Å². The fourth-order valence-electron chi connectivity index (χ4n) is 2.68. The molecule has 3 rings (SSSR count). The van der Waals surface area contributed by atoms with Crippen molar-refractivity contribution in [1.29, 1.82) is 0 Å². The Morgan fingerprint density at radius 2 is 1.71 bits per heavy atom. The summed E-state index contributed by atoms with van der Waals surface area (Å²) in [6, 6.07) is 5.88. The highest BCUT2D eigenvalue weighted by Crippen LogP contribution is 2.39. The molecule has 0 radical (unpaired) electrons. The van der Waals surface area contributed by atoms with Gasteiger partial charge in [0.15, 0.2) is 5.82 Å². The predicted molar refractivity (Wildman–Crippen MR) is 101 cm³/mol. The van der Waals surface area contributed by atoms with Crippen molar-refractivity contribution in [3.05, 3.63) is 76.8 Å². The van der Waals surface area contributed by atoms with E-state index in [0.29, 0.717) is 22.9 Å². The first-order chi connectivity index (χ1) is 15.7. The van der Waals surface area contributed by atoms with Crippen molar-refractivity contribution < 1.29 is 54.9 Å². The first-order valence-electron chi connectivity index (χ1n) is 8.89. The second kappa shape index (κ2) is 9.25. The van der Waals surface area contributed by atoms with E-state index in [1.54, 1.807) is 0 Å². The summed E-state index contributed by atoms with van der Waals surface area (Å²) in [6.07, 6.45) is -8.03.